The topological polar surface area (TPSA) is 105 Å². The summed E-state index contributed by atoms with van der Waals surface area (Å²) in [6, 6.07) is 5.04. The van der Waals surface area contributed by atoms with Crippen LogP contribution in [0.15, 0.2) is 18.2 Å². The molecule has 1 unspecified atom stereocenters. The van der Waals surface area contributed by atoms with Crippen LogP contribution >= 0.6 is 0 Å². The van der Waals surface area contributed by atoms with E-state index in [4.69, 9.17) is 9.47 Å². The minimum Gasteiger partial charge on any atom is -0.444 e. The fraction of sp³-hybridized carbons (Fsp3) is 0.625. The number of hydrogen-bond acceptors (Lipinski definition) is 6. The molecule has 0 spiro atoms. The molecule has 222 valence electrons. The summed E-state index contributed by atoms with van der Waals surface area (Å²) in [5.41, 5.74) is 1.68. The Balaban J connectivity index is 1.28. The third kappa shape index (κ3) is 7.88. The van der Waals surface area contributed by atoms with Crippen molar-refractivity contribution >= 4 is 23.8 Å². The molecule has 1 aromatic carbocycles. The van der Waals surface area contributed by atoms with E-state index in [9.17, 15) is 19.2 Å². The van der Waals surface area contributed by atoms with E-state index >= 15 is 0 Å². The third-order valence-electron chi connectivity index (χ3n) is 8.05. The van der Waals surface area contributed by atoms with Crippen molar-refractivity contribution in [3.8, 4) is 11.8 Å². The summed E-state index contributed by atoms with van der Waals surface area (Å²) < 4.78 is 11.2. The third-order valence-corrected chi connectivity index (χ3v) is 8.05. The van der Waals surface area contributed by atoms with Crippen LogP contribution in [-0.2, 0) is 25.6 Å². The standard InChI is InChI=1S/C32H43N3O6/c1-32(2,3)41-31(39)34(23-14-16-24(40-4)17-15-23)20-9-7-5-6-8-11-22-12-10-13-25-26(22)21-35(30(25)38)27-18-19-28(36)33-29(27)37/h10,12-13,23-24,27H,5-7,9,14-21H2,1-4H3,(H,33,36,37)/t23-,24-,27?. The molecular weight excluding hydrogens is 522 g/mol. The number of carbonyl (C=O) groups excluding carboxylic acids is 4. The van der Waals surface area contributed by atoms with Gasteiger partial charge in [0.1, 0.15) is 11.6 Å². The Morgan fingerprint density at radius 2 is 1.83 bits per heavy atom. The number of nitrogens with one attached hydrogen (secondary N) is 1. The second-order valence-corrected chi connectivity index (χ2v) is 12.2. The lowest BCUT2D eigenvalue weighted by molar-refractivity contribution is -0.136. The van der Waals surface area contributed by atoms with Gasteiger partial charge in [0, 0.05) is 50.2 Å². The number of methoxy groups -OCH3 is 1. The first kappa shape index (κ1) is 30.6. The molecule has 1 aromatic rings. The zero-order valence-electron chi connectivity index (χ0n) is 24.8. The van der Waals surface area contributed by atoms with Crippen molar-refractivity contribution in [2.45, 2.75) is 115 Å². The predicted molar refractivity (Wildman–Crippen MR) is 154 cm³/mol. The molecule has 4 rings (SSSR count). The molecule has 0 aromatic heterocycles. The van der Waals surface area contributed by atoms with Gasteiger partial charge in [0.25, 0.3) is 5.91 Å². The summed E-state index contributed by atoms with van der Waals surface area (Å²) in [7, 11) is 1.75. The molecule has 0 radical (unpaired) electrons. The quantitative estimate of drug-likeness (QED) is 0.282. The summed E-state index contributed by atoms with van der Waals surface area (Å²) >= 11 is 0. The van der Waals surface area contributed by atoms with Crippen LogP contribution in [0.5, 0.6) is 0 Å². The van der Waals surface area contributed by atoms with Crippen LogP contribution in [0.3, 0.4) is 0 Å². The van der Waals surface area contributed by atoms with Gasteiger partial charge in [-0.15, -0.1) is 0 Å². The minimum absolute atomic E-state index is 0.179. The van der Waals surface area contributed by atoms with E-state index in [-0.39, 0.29) is 36.5 Å². The van der Waals surface area contributed by atoms with Gasteiger partial charge >= 0.3 is 6.09 Å². The maximum absolute atomic E-state index is 13.0. The highest BCUT2D eigenvalue weighted by Crippen LogP contribution is 2.30. The van der Waals surface area contributed by atoms with Crippen LogP contribution in [0.25, 0.3) is 0 Å². The van der Waals surface area contributed by atoms with E-state index < -0.39 is 17.6 Å². The van der Waals surface area contributed by atoms with Crippen molar-refractivity contribution in [3.63, 3.8) is 0 Å². The number of fused-ring (bicyclic) bond motifs is 1. The number of carbonyl (C=O) groups is 4. The predicted octanol–water partition coefficient (Wildman–Crippen LogP) is 4.55. The SMILES string of the molecule is CO[C@H]1CC[C@H](N(CCCCCC#Cc2cccc3c2CN(C2CCC(=O)NC2=O)C3=O)C(=O)OC(C)(C)C)CC1. The van der Waals surface area contributed by atoms with E-state index in [0.717, 1.165) is 56.1 Å². The van der Waals surface area contributed by atoms with Gasteiger partial charge in [-0.1, -0.05) is 24.3 Å². The summed E-state index contributed by atoms with van der Waals surface area (Å²) in [6.07, 6.45) is 7.79. The average Bonchev–Trinajstić information content (AvgIpc) is 3.26. The molecule has 3 aliphatic rings. The summed E-state index contributed by atoms with van der Waals surface area (Å²) in [5, 5.41) is 2.34. The number of piperidine rings is 1. The van der Waals surface area contributed by atoms with Gasteiger partial charge in [-0.05, 0) is 83.4 Å². The maximum Gasteiger partial charge on any atom is 0.410 e. The van der Waals surface area contributed by atoms with Gasteiger partial charge in [-0.3, -0.25) is 19.7 Å². The van der Waals surface area contributed by atoms with Crippen molar-refractivity contribution in [2.24, 2.45) is 0 Å². The van der Waals surface area contributed by atoms with Crippen LogP contribution in [-0.4, -0.2) is 71.1 Å². The number of benzene rings is 1. The number of imide groups is 1. The Bertz CT molecular complexity index is 1200. The van der Waals surface area contributed by atoms with Crippen molar-refractivity contribution < 1.29 is 28.7 Å². The Morgan fingerprint density at radius 3 is 2.51 bits per heavy atom. The second kappa shape index (κ2) is 13.5. The lowest BCUT2D eigenvalue weighted by atomic mass is 9.92. The highest BCUT2D eigenvalue weighted by molar-refractivity contribution is 6.05. The molecule has 4 amide bonds. The van der Waals surface area contributed by atoms with E-state index in [1.165, 1.54) is 0 Å². The molecule has 1 saturated heterocycles. The van der Waals surface area contributed by atoms with E-state index in [0.29, 0.717) is 31.5 Å². The normalized spacial score (nSPS) is 22.5. The average molecular weight is 566 g/mol. The number of nitrogens with zero attached hydrogens (tertiary/aromatic N) is 2. The maximum atomic E-state index is 13.0. The first-order valence-corrected chi connectivity index (χ1v) is 14.8. The molecule has 1 N–H and O–H groups in total. The van der Waals surface area contributed by atoms with E-state index in [2.05, 4.69) is 17.2 Å². The van der Waals surface area contributed by atoms with Crippen LogP contribution in [0.1, 0.15) is 106 Å². The summed E-state index contributed by atoms with van der Waals surface area (Å²) in [5.74, 6) is 5.58. The highest BCUT2D eigenvalue weighted by Gasteiger charge is 2.39. The van der Waals surface area contributed by atoms with Crippen LogP contribution in [0.2, 0.25) is 0 Å². The zero-order valence-corrected chi connectivity index (χ0v) is 24.8. The molecule has 41 heavy (non-hydrogen) atoms. The fourth-order valence-corrected chi connectivity index (χ4v) is 5.87. The van der Waals surface area contributed by atoms with Crippen LogP contribution in [0, 0.1) is 11.8 Å². The van der Waals surface area contributed by atoms with Gasteiger partial charge < -0.3 is 19.3 Å². The molecule has 9 heteroatoms. The number of amides is 4. The zero-order chi connectivity index (χ0) is 29.6. The summed E-state index contributed by atoms with van der Waals surface area (Å²) in [6.45, 7) is 6.67. The van der Waals surface area contributed by atoms with Crippen molar-refractivity contribution in [1.82, 2.24) is 15.1 Å². The molecular formula is C32H43N3O6. The van der Waals surface area contributed by atoms with Gasteiger partial charge in [0.2, 0.25) is 11.8 Å². The van der Waals surface area contributed by atoms with Gasteiger partial charge in [-0.2, -0.15) is 0 Å². The first-order valence-electron chi connectivity index (χ1n) is 14.8. The Labute approximate surface area is 243 Å². The van der Waals surface area contributed by atoms with E-state index in [1.54, 1.807) is 18.1 Å². The molecule has 1 atom stereocenters. The molecule has 9 nitrogen and oxygen atoms in total. The van der Waals surface area contributed by atoms with Crippen LogP contribution < -0.4 is 5.32 Å². The molecule has 0 bridgehead atoms. The molecule has 1 saturated carbocycles. The molecule has 2 heterocycles. The summed E-state index contributed by atoms with van der Waals surface area (Å²) in [4.78, 5) is 53.3. The largest absolute Gasteiger partial charge is 0.444 e. The first-order chi connectivity index (χ1) is 19.6. The monoisotopic (exact) mass is 565 g/mol. The Hall–Kier alpha value is -3.38. The van der Waals surface area contributed by atoms with Crippen molar-refractivity contribution in [3.05, 3.63) is 34.9 Å². The van der Waals surface area contributed by atoms with Crippen molar-refractivity contribution in [2.75, 3.05) is 13.7 Å². The van der Waals surface area contributed by atoms with Gasteiger partial charge in [-0.25, -0.2) is 4.79 Å². The van der Waals surface area contributed by atoms with Crippen LogP contribution in [0.4, 0.5) is 4.79 Å². The molecule has 1 aliphatic carbocycles. The number of hydrogen-bond donors (Lipinski definition) is 1. The lowest BCUT2D eigenvalue weighted by Crippen LogP contribution is -2.52. The van der Waals surface area contributed by atoms with Gasteiger partial charge in [0.15, 0.2) is 0 Å². The smallest absolute Gasteiger partial charge is 0.410 e. The molecule has 2 fully saturated rings. The number of ether oxygens (including phenoxy) is 2. The highest BCUT2D eigenvalue weighted by atomic mass is 16.6. The fourth-order valence-electron chi connectivity index (χ4n) is 5.87. The van der Waals surface area contributed by atoms with E-state index in [1.807, 2.05) is 37.8 Å². The Kier molecular flexibility index (Phi) is 10.1. The Morgan fingerprint density at radius 1 is 1.07 bits per heavy atom. The second-order valence-electron chi connectivity index (χ2n) is 12.2. The number of unbranched alkanes of at least 4 members (excludes halogenated alkanes) is 3. The number of rotatable bonds is 8. The lowest BCUT2D eigenvalue weighted by Gasteiger charge is -2.37. The molecule has 2 aliphatic heterocycles. The minimum atomic E-state index is -0.635. The van der Waals surface area contributed by atoms with Crippen molar-refractivity contribution in [1.29, 1.82) is 0 Å². The van der Waals surface area contributed by atoms with Gasteiger partial charge in [0.05, 0.1) is 6.10 Å².